The quantitative estimate of drug-likeness (QED) is 0.448. The molecule has 0 aliphatic carbocycles. The van der Waals surface area contributed by atoms with E-state index in [-0.39, 0.29) is 31.0 Å². The summed E-state index contributed by atoms with van der Waals surface area (Å²) in [5.41, 5.74) is -2.88. The molecule has 1 aromatic heterocycles. The number of nitro groups is 1. The van der Waals surface area contributed by atoms with Crippen LogP contribution in [0.5, 0.6) is 0 Å². The Morgan fingerprint density at radius 2 is 1.77 bits per heavy atom. The van der Waals surface area contributed by atoms with Gasteiger partial charge in [-0.15, -0.1) is 5.06 Å². The summed E-state index contributed by atoms with van der Waals surface area (Å²) < 4.78 is 5.20. The maximum absolute atomic E-state index is 12.4. The molecule has 26 heavy (non-hydrogen) atoms. The van der Waals surface area contributed by atoms with Crippen LogP contribution in [0.25, 0.3) is 0 Å². The molecule has 1 amide bonds. The molecular formula is C15H22N3NaO7. The van der Waals surface area contributed by atoms with E-state index in [0.717, 1.165) is 12.3 Å². The van der Waals surface area contributed by atoms with Crippen LogP contribution in [-0.4, -0.2) is 38.3 Å². The molecule has 0 fully saturated rings. The topological polar surface area (TPSA) is 132 Å². The number of carbonyl (C=O) groups excluding carboxylic acids is 1. The third-order valence-corrected chi connectivity index (χ3v) is 2.41. The summed E-state index contributed by atoms with van der Waals surface area (Å²) in [5, 5.41) is 20.8. The van der Waals surface area contributed by atoms with Crippen LogP contribution < -0.4 is 34.6 Å². The van der Waals surface area contributed by atoms with E-state index < -0.39 is 45.3 Å². The van der Waals surface area contributed by atoms with E-state index in [2.05, 4.69) is 4.98 Å². The predicted octanol–water partition coefficient (Wildman–Crippen LogP) is 0.276. The van der Waals surface area contributed by atoms with Crippen molar-refractivity contribution in [3.8, 4) is 0 Å². The fraction of sp³-hybridized carbons (Fsp3) is 0.533. The van der Waals surface area contributed by atoms with Gasteiger partial charge in [0.15, 0.2) is 0 Å². The van der Waals surface area contributed by atoms with Crippen molar-refractivity contribution in [3.05, 3.63) is 27.9 Å². The monoisotopic (exact) mass is 379 g/mol. The number of hydrogen-bond acceptors (Lipinski definition) is 7. The molecule has 0 atom stereocenters. The van der Waals surface area contributed by atoms with E-state index in [1.54, 1.807) is 41.5 Å². The first kappa shape index (κ1) is 24.2. The first-order valence-electron chi connectivity index (χ1n) is 7.31. The molecule has 1 rings (SSSR count). The van der Waals surface area contributed by atoms with Crippen molar-refractivity contribution >= 4 is 23.6 Å². The molecule has 0 radical (unpaired) electrons. The van der Waals surface area contributed by atoms with Gasteiger partial charge in [0.2, 0.25) is 5.82 Å². The molecule has 140 valence electrons. The van der Waals surface area contributed by atoms with Gasteiger partial charge >= 0.3 is 47.3 Å². The van der Waals surface area contributed by atoms with Crippen LogP contribution in [0, 0.1) is 10.1 Å². The number of amides is 1. The average molecular weight is 379 g/mol. The largest absolute Gasteiger partial charge is 1.00 e. The SMILES string of the molecule is CC(C)(C)OC(=O)N(OC(C)(C)C)c1ncc(C(=O)O)cc1[N+](=O)[O-].[H-].[Na+]. The molecule has 10 nitrogen and oxygen atoms in total. The Labute approximate surface area is 174 Å². The molecule has 0 saturated heterocycles. The zero-order valence-electron chi connectivity index (χ0n) is 16.9. The van der Waals surface area contributed by atoms with Gasteiger partial charge < -0.3 is 11.3 Å². The van der Waals surface area contributed by atoms with Crippen molar-refractivity contribution in [2.24, 2.45) is 0 Å². The Morgan fingerprint density at radius 1 is 1.23 bits per heavy atom. The minimum absolute atomic E-state index is 0. The van der Waals surface area contributed by atoms with E-state index >= 15 is 0 Å². The summed E-state index contributed by atoms with van der Waals surface area (Å²) in [5.74, 6) is -1.86. The van der Waals surface area contributed by atoms with Crippen molar-refractivity contribution in [2.75, 3.05) is 5.06 Å². The Morgan fingerprint density at radius 3 is 2.15 bits per heavy atom. The molecule has 0 bridgehead atoms. The number of hydroxylamine groups is 1. The fourth-order valence-electron chi connectivity index (χ4n) is 1.60. The van der Waals surface area contributed by atoms with Gasteiger partial charge in [0.05, 0.1) is 16.1 Å². The molecule has 0 aromatic carbocycles. The zero-order valence-corrected chi connectivity index (χ0v) is 17.9. The second-order valence-electron chi connectivity index (χ2n) is 7.11. The number of nitrogens with zero attached hydrogens (tertiary/aromatic N) is 3. The van der Waals surface area contributed by atoms with Crippen molar-refractivity contribution in [1.29, 1.82) is 0 Å². The van der Waals surface area contributed by atoms with Crippen LogP contribution in [0.3, 0.4) is 0 Å². The van der Waals surface area contributed by atoms with Gasteiger partial charge in [0.1, 0.15) is 5.60 Å². The molecule has 0 unspecified atom stereocenters. The summed E-state index contributed by atoms with van der Waals surface area (Å²) in [6, 6.07) is 0.800. The number of aromatic nitrogens is 1. The molecule has 0 saturated carbocycles. The normalized spacial score (nSPS) is 11.3. The van der Waals surface area contributed by atoms with Gasteiger partial charge in [0.25, 0.3) is 0 Å². The van der Waals surface area contributed by atoms with Crippen LogP contribution in [0.2, 0.25) is 0 Å². The van der Waals surface area contributed by atoms with E-state index in [1.807, 2.05) is 0 Å². The van der Waals surface area contributed by atoms with E-state index in [0.29, 0.717) is 5.06 Å². The Bertz CT molecular complexity index is 702. The molecule has 1 aromatic rings. The number of aromatic carboxylic acids is 1. The molecule has 11 heteroatoms. The van der Waals surface area contributed by atoms with Gasteiger partial charge in [-0.2, -0.15) is 0 Å². The van der Waals surface area contributed by atoms with Crippen LogP contribution >= 0.6 is 0 Å². The van der Waals surface area contributed by atoms with Crippen LogP contribution in [0.1, 0.15) is 53.3 Å². The average Bonchev–Trinajstić information content (AvgIpc) is 2.41. The second kappa shape index (κ2) is 8.76. The molecular weight excluding hydrogens is 357 g/mol. The van der Waals surface area contributed by atoms with Crippen molar-refractivity contribution < 1.29 is 60.2 Å². The number of anilines is 1. The van der Waals surface area contributed by atoms with Gasteiger partial charge in [-0.1, -0.05) is 0 Å². The second-order valence-corrected chi connectivity index (χ2v) is 7.11. The third kappa shape index (κ3) is 7.24. The zero-order chi connectivity index (χ0) is 19.6. The van der Waals surface area contributed by atoms with E-state index in [9.17, 15) is 19.7 Å². The first-order valence-corrected chi connectivity index (χ1v) is 7.31. The summed E-state index contributed by atoms with van der Waals surface area (Å²) in [6.45, 7) is 9.74. The number of pyridine rings is 1. The van der Waals surface area contributed by atoms with Crippen molar-refractivity contribution in [1.82, 2.24) is 4.98 Å². The smallest absolute Gasteiger partial charge is 1.00 e. The van der Waals surface area contributed by atoms with Crippen LogP contribution in [0.4, 0.5) is 16.3 Å². The maximum Gasteiger partial charge on any atom is 1.00 e. The molecule has 0 aliphatic heterocycles. The van der Waals surface area contributed by atoms with Crippen LogP contribution in [0.15, 0.2) is 12.3 Å². The van der Waals surface area contributed by atoms with E-state index in [4.69, 9.17) is 14.7 Å². The first-order chi connectivity index (χ1) is 11.2. The minimum Gasteiger partial charge on any atom is -1.00 e. The minimum atomic E-state index is -1.39. The number of carboxylic acid groups (broad SMARTS) is 1. The van der Waals surface area contributed by atoms with Gasteiger partial charge in [0, 0.05) is 12.3 Å². The number of ether oxygens (including phenoxy) is 1. The summed E-state index contributed by atoms with van der Waals surface area (Å²) in [7, 11) is 0. The predicted molar refractivity (Wildman–Crippen MR) is 88.5 cm³/mol. The number of carboxylic acids is 1. The molecule has 0 aliphatic rings. The molecule has 1 heterocycles. The van der Waals surface area contributed by atoms with Gasteiger partial charge in [-0.25, -0.2) is 14.6 Å². The van der Waals surface area contributed by atoms with Crippen LogP contribution in [-0.2, 0) is 9.57 Å². The maximum atomic E-state index is 12.4. The Balaban J connectivity index is 0. The van der Waals surface area contributed by atoms with Crippen molar-refractivity contribution in [2.45, 2.75) is 52.7 Å². The third-order valence-electron chi connectivity index (χ3n) is 2.41. The molecule has 1 N–H and O–H groups in total. The number of hydrogen-bond donors (Lipinski definition) is 1. The van der Waals surface area contributed by atoms with Gasteiger partial charge in [-0.3, -0.25) is 15.0 Å². The van der Waals surface area contributed by atoms with E-state index in [1.165, 1.54) is 0 Å². The molecule has 0 spiro atoms. The summed E-state index contributed by atoms with van der Waals surface area (Å²) in [6.07, 6.45) is -0.116. The summed E-state index contributed by atoms with van der Waals surface area (Å²) in [4.78, 5) is 43.1. The van der Waals surface area contributed by atoms with Gasteiger partial charge in [-0.05, 0) is 41.5 Å². The Kier molecular flexibility index (Phi) is 8.17. The Hall–Kier alpha value is -1.75. The standard InChI is InChI=1S/C15H21N3O7.Na.H/c1-14(2,3)24-13(21)17(25-15(4,5)6)11-10(18(22)23)7-9(8-16-11)12(19)20;;/h7-8H,1-6H3,(H,19,20);;/q;+1;-1. The van der Waals surface area contributed by atoms with Crippen molar-refractivity contribution in [3.63, 3.8) is 0 Å². The summed E-state index contributed by atoms with van der Waals surface area (Å²) >= 11 is 0. The number of rotatable bonds is 4. The fourth-order valence-corrected chi connectivity index (χ4v) is 1.60. The number of carbonyl (C=O) groups is 2.